The first-order valence-corrected chi connectivity index (χ1v) is 14.0. The molecule has 1 aliphatic carbocycles. The Morgan fingerprint density at radius 3 is 2.29 bits per heavy atom. The molecule has 0 aliphatic heterocycles. The van der Waals surface area contributed by atoms with Crippen molar-refractivity contribution in [2.24, 2.45) is 5.92 Å². The fraction of sp³-hybridized carbons (Fsp3) is 0.471. The van der Waals surface area contributed by atoms with Crippen molar-refractivity contribution in [3.05, 3.63) is 82.7 Å². The molecular weight excluding hydrogens is 427 g/mol. The minimum Gasteiger partial charge on any atom is -0.205 e. The second kappa shape index (κ2) is 12.9. The lowest BCUT2D eigenvalue weighted by atomic mass is 9.76. The quantitative estimate of drug-likeness (QED) is 0.216. The highest BCUT2D eigenvalue weighted by Gasteiger charge is 2.22. The van der Waals surface area contributed by atoms with Gasteiger partial charge in [-0.05, 0) is 85.1 Å². The van der Waals surface area contributed by atoms with Crippen molar-refractivity contribution in [2.45, 2.75) is 96.8 Å². The van der Waals surface area contributed by atoms with Gasteiger partial charge in [0, 0.05) is 10.9 Å². The average Bonchev–Trinajstić information content (AvgIpc) is 2.90. The van der Waals surface area contributed by atoms with Crippen LogP contribution in [0, 0.1) is 23.6 Å². The SMILES string of the molecule is CCCCCCC1CCC(c2ccc3c(F)c(C#Cc4ccc(CCCC)cc4)ccc3c2)CC1. The molecule has 35 heavy (non-hydrogen) atoms. The number of hydrogen-bond acceptors (Lipinski definition) is 0. The van der Waals surface area contributed by atoms with Crippen molar-refractivity contribution >= 4 is 10.8 Å². The number of unbranched alkanes of at least 4 members (excludes halogenated alkanes) is 4. The number of rotatable bonds is 9. The lowest BCUT2D eigenvalue weighted by Crippen LogP contribution is -2.13. The zero-order valence-corrected chi connectivity index (χ0v) is 21.7. The fourth-order valence-electron chi connectivity index (χ4n) is 5.58. The summed E-state index contributed by atoms with van der Waals surface area (Å²) >= 11 is 0. The summed E-state index contributed by atoms with van der Waals surface area (Å²) in [6, 6.07) is 18.6. The molecule has 0 saturated heterocycles. The van der Waals surface area contributed by atoms with Gasteiger partial charge in [-0.2, -0.15) is 0 Å². The topological polar surface area (TPSA) is 0 Å². The Balaban J connectivity index is 1.40. The molecule has 0 radical (unpaired) electrons. The first-order chi connectivity index (χ1) is 17.2. The Hall–Kier alpha value is -2.59. The van der Waals surface area contributed by atoms with E-state index in [0.717, 1.165) is 23.3 Å². The van der Waals surface area contributed by atoms with Crippen LogP contribution in [-0.4, -0.2) is 0 Å². The Bertz CT molecular complexity index is 1140. The smallest absolute Gasteiger partial charge is 0.146 e. The van der Waals surface area contributed by atoms with Crippen molar-refractivity contribution in [1.29, 1.82) is 0 Å². The first kappa shape index (κ1) is 25.5. The number of benzene rings is 3. The third-order valence-electron chi connectivity index (χ3n) is 7.88. The van der Waals surface area contributed by atoms with E-state index >= 15 is 4.39 Å². The summed E-state index contributed by atoms with van der Waals surface area (Å²) in [5.41, 5.74) is 4.12. The van der Waals surface area contributed by atoms with E-state index < -0.39 is 0 Å². The van der Waals surface area contributed by atoms with Crippen LogP contribution in [0.2, 0.25) is 0 Å². The summed E-state index contributed by atoms with van der Waals surface area (Å²) in [6.07, 6.45) is 15.6. The molecular formula is C34H41F. The fourth-order valence-corrected chi connectivity index (χ4v) is 5.58. The molecule has 0 heterocycles. The Morgan fingerprint density at radius 2 is 1.54 bits per heavy atom. The van der Waals surface area contributed by atoms with Crippen molar-refractivity contribution in [2.75, 3.05) is 0 Å². The summed E-state index contributed by atoms with van der Waals surface area (Å²) in [6.45, 7) is 4.49. The van der Waals surface area contributed by atoms with Crippen LogP contribution in [0.5, 0.6) is 0 Å². The summed E-state index contributed by atoms with van der Waals surface area (Å²) in [7, 11) is 0. The van der Waals surface area contributed by atoms with Gasteiger partial charge in [0.1, 0.15) is 5.82 Å². The Morgan fingerprint density at radius 1 is 0.771 bits per heavy atom. The minimum absolute atomic E-state index is 0.197. The molecule has 1 fully saturated rings. The van der Waals surface area contributed by atoms with Crippen LogP contribution in [0.1, 0.15) is 113 Å². The molecule has 0 amide bonds. The van der Waals surface area contributed by atoms with E-state index in [4.69, 9.17) is 0 Å². The van der Waals surface area contributed by atoms with Gasteiger partial charge >= 0.3 is 0 Å². The number of hydrogen-bond donors (Lipinski definition) is 0. The normalized spacial score (nSPS) is 17.8. The molecule has 0 nitrogen and oxygen atoms in total. The molecule has 184 valence electrons. The van der Waals surface area contributed by atoms with E-state index in [-0.39, 0.29) is 5.82 Å². The highest BCUT2D eigenvalue weighted by Crippen LogP contribution is 2.39. The van der Waals surface area contributed by atoms with Crippen LogP contribution in [0.15, 0.2) is 54.6 Å². The summed E-state index contributed by atoms with van der Waals surface area (Å²) in [5, 5.41) is 1.67. The van der Waals surface area contributed by atoms with Gasteiger partial charge in [-0.25, -0.2) is 4.39 Å². The number of halogens is 1. The molecule has 0 N–H and O–H groups in total. The maximum atomic E-state index is 15.3. The van der Waals surface area contributed by atoms with Crippen LogP contribution in [0.4, 0.5) is 4.39 Å². The lowest BCUT2D eigenvalue weighted by molar-refractivity contribution is 0.302. The lowest BCUT2D eigenvalue weighted by Gasteiger charge is -2.29. The van der Waals surface area contributed by atoms with Crippen LogP contribution < -0.4 is 0 Å². The van der Waals surface area contributed by atoms with Gasteiger partial charge < -0.3 is 0 Å². The van der Waals surface area contributed by atoms with Gasteiger partial charge in [0.15, 0.2) is 0 Å². The maximum absolute atomic E-state index is 15.3. The molecule has 3 aromatic rings. The van der Waals surface area contributed by atoms with Gasteiger partial charge in [0.05, 0.1) is 5.56 Å². The standard InChI is InChI=1S/C34H41F/c1-3-5-7-8-10-27-15-18-29(19-16-27)31-23-24-33-32(25-31)22-21-30(34(33)35)20-17-28-13-11-26(12-14-28)9-6-4-2/h11-14,21-25,27,29H,3-10,15-16,18-19H2,1-2H3. The van der Waals surface area contributed by atoms with Crippen LogP contribution in [0.25, 0.3) is 10.8 Å². The predicted molar refractivity (Wildman–Crippen MR) is 148 cm³/mol. The molecule has 3 aromatic carbocycles. The predicted octanol–water partition coefficient (Wildman–Crippen LogP) is 9.97. The Kier molecular flexibility index (Phi) is 9.42. The first-order valence-electron chi connectivity index (χ1n) is 14.0. The van der Waals surface area contributed by atoms with Crippen molar-refractivity contribution in [3.63, 3.8) is 0 Å². The van der Waals surface area contributed by atoms with Gasteiger partial charge in [0.2, 0.25) is 0 Å². The van der Waals surface area contributed by atoms with E-state index in [1.165, 1.54) is 81.8 Å². The summed E-state index contributed by atoms with van der Waals surface area (Å²) in [4.78, 5) is 0. The van der Waals surface area contributed by atoms with Crippen molar-refractivity contribution in [3.8, 4) is 11.8 Å². The van der Waals surface area contributed by atoms with E-state index in [0.29, 0.717) is 16.9 Å². The van der Waals surface area contributed by atoms with E-state index in [2.05, 4.69) is 50.0 Å². The van der Waals surface area contributed by atoms with E-state index in [9.17, 15) is 0 Å². The minimum atomic E-state index is -0.197. The molecule has 0 spiro atoms. The molecule has 0 unspecified atom stereocenters. The maximum Gasteiger partial charge on any atom is 0.146 e. The molecule has 4 rings (SSSR count). The highest BCUT2D eigenvalue weighted by molar-refractivity contribution is 5.85. The molecule has 0 aromatic heterocycles. The van der Waals surface area contributed by atoms with E-state index in [1.807, 2.05) is 30.3 Å². The summed E-state index contributed by atoms with van der Waals surface area (Å²) in [5.74, 6) is 7.55. The summed E-state index contributed by atoms with van der Waals surface area (Å²) < 4.78 is 15.3. The number of fused-ring (bicyclic) bond motifs is 1. The van der Waals surface area contributed by atoms with Crippen molar-refractivity contribution in [1.82, 2.24) is 0 Å². The Labute approximate surface area is 212 Å². The molecule has 1 saturated carbocycles. The molecule has 1 heteroatoms. The van der Waals surface area contributed by atoms with Crippen LogP contribution >= 0.6 is 0 Å². The van der Waals surface area contributed by atoms with Gasteiger partial charge in [-0.15, -0.1) is 0 Å². The van der Waals surface area contributed by atoms with Crippen molar-refractivity contribution < 1.29 is 4.39 Å². The second-order valence-corrected chi connectivity index (χ2v) is 10.5. The molecule has 0 atom stereocenters. The van der Waals surface area contributed by atoms with Gasteiger partial charge in [0.25, 0.3) is 0 Å². The largest absolute Gasteiger partial charge is 0.205 e. The van der Waals surface area contributed by atoms with Crippen LogP contribution in [-0.2, 0) is 6.42 Å². The van der Waals surface area contributed by atoms with Gasteiger partial charge in [-0.3, -0.25) is 0 Å². The highest BCUT2D eigenvalue weighted by atomic mass is 19.1. The third-order valence-corrected chi connectivity index (χ3v) is 7.88. The van der Waals surface area contributed by atoms with Crippen LogP contribution in [0.3, 0.4) is 0 Å². The zero-order chi connectivity index (χ0) is 24.5. The van der Waals surface area contributed by atoms with Gasteiger partial charge in [-0.1, -0.05) is 101 Å². The average molecular weight is 469 g/mol. The monoisotopic (exact) mass is 468 g/mol. The zero-order valence-electron chi connectivity index (χ0n) is 21.7. The van der Waals surface area contributed by atoms with E-state index in [1.54, 1.807) is 0 Å². The second-order valence-electron chi connectivity index (χ2n) is 10.5. The number of aryl methyl sites for hydroxylation is 1. The third kappa shape index (κ3) is 6.98. The molecule has 0 bridgehead atoms. The molecule has 1 aliphatic rings.